The molecule has 0 spiro atoms. The second-order valence-electron chi connectivity index (χ2n) is 9.00. The third-order valence-electron chi connectivity index (χ3n) is 6.92. The molecule has 0 aliphatic heterocycles. The summed E-state index contributed by atoms with van der Waals surface area (Å²) < 4.78 is 11.4. The average molecular weight is 502 g/mol. The predicted octanol–water partition coefficient (Wildman–Crippen LogP) is 4.37. The molecule has 3 fully saturated rings. The molecule has 1 amide bonds. The van der Waals surface area contributed by atoms with E-state index in [1.165, 1.54) is 23.7 Å². The second kappa shape index (κ2) is 9.09. The Morgan fingerprint density at radius 1 is 1.12 bits per heavy atom. The number of nitrogens with one attached hydrogen (secondary N) is 1. The summed E-state index contributed by atoms with van der Waals surface area (Å²) in [5.41, 5.74) is 1.07. The van der Waals surface area contributed by atoms with Gasteiger partial charge in [0.05, 0.1) is 37.3 Å². The molecule has 0 saturated heterocycles. The van der Waals surface area contributed by atoms with Gasteiger partial charge < -0.3 is 14.6 Å². The molecular formula is C23H24ClN5O4S. The zero-order valence-corrected chi connectivity index (χ0v) is 20.2. The number of rotatable bonds is 7. The molecule has 2 heterocycles. The lowest BCUT2D eigenvalue weighted by Crippen LogP contribution is -2.48. The molecule has 3 saturated carbocycles. The number of benzene rings is 1. The molecule has 2 N–H and O–H groups in total. The van der Waals surface area contributed by atoms with Gasteiger partial charge in [0.15, 0.2) is 0 Å². The molecule has 0 unspecified atom stereocenters. The van der Waals surface area contributed by atoms with Crippen molar-refractivity contribution in [2.24, 2.45) is 5.41 Å². The minimum atomic E-state index is -0.474. The number of aromatic nitrogens is 4. The van der Waals surface area contributed by atoms with Crippen LogP contribution >= 0.6 is 22.9 Å². The number of carbonyl (C=O) groups excluding carboxylic acids is 1. The molecule has 3 aliphatic carbocycles. The number of hydrogen-bond donors (Lipinski definition) is 2. The van der Waals surface area contributed by atoms with Crippen molar-refractivity contribution in [3.05, 3.63) is 41.2 Å². The minimum Gasteiger partial charge on any atom is -0.496 e. The van der Waals surface area contributed by atoms with Gasteiger partial charge in [0.2, 0.25) is 5.13 Å². The van der Waals surface area contributed by atoms with Gasteiger partial charge in [-0.3, -0.25) is 10.1 Å². The topological polar surface area (TPSA) is 119 Å². The largest absolute Gasteiger partial charge is 0.496 e. The van der Waals surface area contributed by atoms with Crippen LogP contribution in [-0.4, -0.2) is 50.7 Å². The zero-order chi connectivity index (χ0) is 23.8. The van der Waals surface area contributed by atoms with Gasteiger partial charge in [0.1, 0.15) is 5.75 Å². The Kier molecular flexibility index (Phi) is 6.13. The summed E-state index contributed by atoms with van der Waals surface area (Å²) in [6.45, 7) is 0.540. The standard InChI is InChI=1S/C23H24ClN5O4S/c1-32-18-3-2-14(24)10-15(18)16-11-25-26-12-17(16)19(30)27-20-28-29-21(34-20)33-13-22-4-7-23(31,8-5-22)9-6-22/h2-3,10-12,31H,4-9,13H2,1H3,(H,27,28,30). The first kappa shape index (κ1) is 22.9. The highest BCUT2D eigenvalue weighted by Gasteiger charge is 2.48. The lowest BCUT2D eigenvalue weighted by Gasteiger charge is -2.50. The van der Waals surface area contributed by atoms with Crippen LogP contribution in [0.15, 0.2) is 30.6 Å². The van der Waals surface area contributed by atoms with Gasteiger partial charge in [-0.1, -0.05) is 16.7 Å². The van der Waals surface area contributed by atoms with Crippen LogP contribution in [0.3, 0.4) is 0 Å². The number of halogens is 1. The zero-order valence-electron chi connectivity index (χ0n) is 18.6. The molecular weight excluding hydrogens is 478 g/mol. The van der Waals surface area contributed by atoms with E-state index in [0.29, 0.717) is 44.4 Å². The summed E-state index contributed by atoms with van der Waals surface area (Å²) in [4.78, 5) is 13.1. The quantitative estimate of drug-likeness (QED) is 0.489. The van der Waals surface area contributed by atoms with Crippen LogP contribution < -0.4 is 14.8 Å². The number of ether oxygens (including phenoxy) is 2. The average Bonchev–Trinajstić information content (AvgIpc) is 3.31. The van der Waals surface area contributed by atoms with Gasteiger partial charge in [-0.2, -0.15) is 10.2 Å². The maximum absolute atomic E-state index is 13.1. The highest BCUT2D eigenvalue weighted by molar-refractivity contribution is 7.17. The van der Waals surface area contributed by atoms with E-state index >= 15 is 0 Å². The van der Waals surface area contributed by atoms with Crippen molar-refractivity contribution < 1.29 is 19.4 Å². The summed E-state index contributed by atoms with van der Waals surface area (Å²) in [5, 5.41) is 30.3. The van der Waals surface area contributed by atoms with Gasteiger partial charge in [-0.05, 0) is 68.1 Å². The van der Waals surface area contributed by atoms with Crippen LogP contribution in [0.1, 0.15) is 48.9 Å². The number of nitrogens with zero attached hydrogens (tertiary/aromatic N) is 4. The molecule has 178 valence electrons. The summed E-state index contributed by atoms with van der Waals surface area (Å²) in [6.07, 6.45) is 8.22. The fraction of sp³-hybridized carbons (Fsp3) is 0.435. The number of aliphatic hydroxyl groups is 1. The van der Waals surface area contributed by atoms with E-state index < -0.39 is 11.5 Å². The van der Waals surface area contributed by atoms with Crippen molar-refractivity contribution >= 4 is 34.0 Å². The first-order valence-electron chi connectivity index (χ1n) is 11.0. The Hall–Kier alpha value is -2.82. The van der Waals surface area contributed by atoms with Crippen LogP contribution in [-0.2, 0) is 0 Å². The molecule has 0 radical (unpaired) electrons. The van der Waals surface area contributed by atoms with Gasteiger partial charge in [-0.15, -0.1) is 5.10 Å². The van der Waals surface area contributed by atoms with Gasteiger partial charge in [0, 0.05) is 21.6 Å². The van der Waals surface area contributed by atoms with E-state index in [4.69, 9.17) is 21.1 Å². The van der Waals surface area contributed by atoms with Crippen molar-refractivity contribution in [2.45, 2.75) is 44.1 Å². The number of methoxy groups -OCH3 is 1. The number of anilines is 1. The van der Waals surface area contributed by atoms with Gasteiger partial charge >= 0.3 is 0 Å². The Morgan fingerprint density at radius 3 is 2.59 bits per heavy atom. The Balaban J connectivity index is 1.28. The van der Waals surface area contributed by atoms with Crippen molar-refractivity contribution in [1.82, 2.24) is 20.4 Å². The SMILES string of the molecule is COc1ccc(Cl)cc1-c1cnncc1C(=O)Nc1nnc(OCC23CCC(O)(CC2)CC3)s1. The highest BCUT2D eigenvalue weighted by Crippen LogP contribution is 2.52. The number of carbonyl (C=O) groups is 1. The molecule has 2 aromatic heterocycles. The van der Waals surface area contributed by atoms with Crippen LogP contribution in [0.25, 0.3) is 11.1 Å². The molecule has 3 aromatic rings. The normalized spacial score (nSPS) is 23.5. The summed E-state index contributed by atoms with van der Waals surface area (Å²) >= 11 is 7.34. The first-order valence-corrected chi connectivity index (χ1v) is 12.2. The van der Waals surface area contributed by atoms with Gasteiger partial charge in [0.25, 0.3) is 11.1 Å². The summed E-state index contributed by atoms with van der Waals surface area (Å²) in [5.74, 6) is 0.147. The third kappa shape index (κ3) is 4.57. The number of fused-ring (bicyclic) bond motifs is 3. The molecule has 9 nitrogen and oxygen atoms in total. The van der Waals surface area contributed by atoms with E-state index in [2.05, 4.69) is 25.7 Å². The summed E-state index contributed by atoms with van der Waals surface area (Å²) in [6, 6.07) is 5.15. The van der Waals surface area contributed by atoms with E-state index in [0.717, 1.165) is 38.5 Å². The van der Waals surface area contributed by atoms with Crippen LogP contribution in [0.4, 0.5) is 5.13 Å². The molecule has 11 heteroatoms. The van der Waals surface area contributed by atoms with E-state index in [1.807, 2.05) is 0 Å². The fourth-order valence-electron chi connectivity index (χ4n) is 4.77. The van der Waals surface area contributed by atoms with Crippen molar-refractivity contribution in [2.75, 3.05) is 19.0 Å². The Bertz CT molecular complexity index is 1200. The van der Waals surface area contributed by atoms with Crippen molar-refractivity contribution in [3.8, 4) is 22.1 Å². The number of hydrogen-bond acceptors (Lipinski definition) is 9. The monoisotopic (exact) mass is 501 g/mol. The predicted molar refractivity (Wildman–Crippen MR) is 127 cm³/mol. The number of amides is 1. The van der Waals surface area contributed by atoms with Crippen molar-refractivity contribution in [3.63, 3.8) is 0 Å². The Labute approximate surface area is 205 Å². The van der Waals surface area contributed by atoms with Crippen LogP contribution in [0.5, 0.6) is 10.9 Å². The highest BCUT2D eigenvalue weighted by atomic mass is 35.5. The molecule has 34 heavy (non-hydrogen) atoms. The summed E-state index contributed by atoms with van der Waals surface area (Å²) in [7, 11) is 1.55. The lowest BCUT2D eigenvalue weighted by molar-refractivity contribution is -0.103. The second-order valence-corrected chi connectivity index (χ2v) is 10.4. The van der Waals surface area contributed by atoms with Gasteiger partial charge in [-0.25, -0.2) is 0 Å². The molecule has 6 rings (SSSR count). The van der Waals surface area contributed by atoms with E-state index in [9.17, 15) is 9.90 Å². The molecule has 1 aromatic carbocycles. The van der Waals surface area contributed by atoms with Crippen LogP contribution in [0, 0.1) is 5.41 Å². The van der Waals surface area contributed by atoms with E-state index in [-0.39, 0.29) is 5.41 Å². The lowest BCUT2D eigenvalue weighted by atomic mass is 9.59. The molecule has 3 aliphatic rings. The smallest absolute Gasteiger partial charge is 0.295 e. The third-order valence-corrected chi connectivity index (χ3v) is 7.90. The maximum Gasteiger partial charge on any atom is 0.295 e. The van der Waals surface area contributed by atoms with Crippen molar-refractivity contribution in [1.29, 1.82) is 0 Å². The molecule has 0 atom stereocenters. The van der Waals surface area contributed by atoms with Crippen LogP contribution in [0.2, 0.25) is 5.02 Å². The van der Waals surface area contributed by atoms with E-state index in [1.54, 1.807) is 25.3 Å². The fourth-order valence-corrected chi connectivity index (χ4v) is 5.53. The minimum absolute atomic E-state index is 0.0905. The Morgan fingerprint density at radius 2 is 1.85 bits per heavy atom. The maximum atomic E-state index is 13.1. The first-order chi connectivity index (χ1) is 16.4. The molecule has 2 bridgehead atoms.